The number of benzene rings is 2. The Labute approximate surface area is 192 Å². The molecule has 0 bridgehead atoms. The zero-order chi connectivity index (χ0) is 23.8. The maximum Gasteiger partial charge on any atom is 0.339 e. The molecule has 4 rings (SSSR count). The molecule has 0 aliphatic heterocycles. The second-order valence-electron chi connectivity index (χ2n) is 9.47. The number of fused-ring (bicyclic) bond motifs is 2. The quantitative estimate of drug-likeness (QED) is 0.409. The first-order valence-corrected chi connectivity index (χ1v) is 11.1. The molecule has 2 N–H and O–H groups in total. The summed E-state index contributed by atoms with van der Waals surface area (Å²) in [7, 11) is 0. The third-order valence-electron chi connectivity index (χ3n) is 6.07. The van der Waals surface area contributed by atoms with Crippen LogP contribution in [0.3, 0.4) is 0 Å². The zero-order valence-electron chi connectivity index (χ0n) is 19.4. The second kappa shape index (κ2) is 8.87. The van der Waals surface area contributed by atoms with Crippen LogP contribution in [0, 0.1) is 6.92 Å². The van der Waals surface area contributed by atoms with Crippen LogP contribution in [-0.4, -0.2) is 17.6 Å². The highest BCUT2D eigenvalue weighted by molar-refractivity contribution is 5.96. The summed E-state index contributed by atoms with van der Waals surface area (Å²) in [5, 5.41) is 14.8. The van der Waals surface area contributed by atoms with Gasteiger partial charge in [0.15, 0.2) is 0 Å². The van der Waals surface area contributed by atoms with Gasteiger partial charge in [-0.1, -0.05) is 51.1 Å². The van der Waals surface area contributed by atoms with Gasteiger partial charge in [0.25, 0.3) is 0 Å². The van der Waals surface area contributed by atoms with Crippen molar-refractivity contribution in [2.24, 2.45) is 0 Å². The summed E-state index contributed by atoms with van der Waals surface area (Å²) >= 11 is 0. The van der Waals surface area contributed by atoms with E-state index >= 15 is 0 Å². The topological polar surface area (TPSA) is 92.7 Å². The van der Waals surface area contributed by atoms with E-state index in [4.69, 9.17) is 8.83 Å². The Morgan fingerprint density at radius 2 is 1.82 bits per heavy atom. The first kappa shape index (κ1) is 22.8. The predicted molar refractivity (Wildman–Crippen MR) is 128 cm³/mol. The van der Waals surface area contributed by atoms with Crippen molar-refractivity contribution in [1.82, 2.24) is 5.32 Å². The van der Waals surface area contributed by atoms with E-state index in [-0.39, 0.29) is 30.7 Å². The molecule has 0 spiro atoms. The fraction of sp³-hybridized carbons (Fsp3) is 0.333. The van der Waals surface area contributed by atoms with Gasteiger partial charge in [0.1, 0.15) is 11.2 Å². The number of carbonyl (C=O) groups is 1. The molecule has 2 aromatic heterocycles. The molecule has 0 unspecified atom stereocenters. The normalized spacial score (nSPS) is 12.9. The molecule has 0 saturated heterocycles. The minimum Gasteiger partial charge on any atom is -0.464 e. The van der Waals surface area contributed by atoms with E-state index in [9.17, 15) is 14.7 Å². The van der Waals surface area contributed by atoms with Crippen molar-refractivity contribution in [3.63, 3.8) is 0 Å². The number of aliphatic hydroxyl groups excluding tert-OH is 1. The molecule has 0 aliphatic rings. The summed E-state index contributed by atoms with van der Waals surface area (Å²) in [6.07, 6.45) is 1.36. The fourth-order valence-corrected chi connectivity index (χ4v) is 4.11. The number of hydrogen-bond acceptors (Lipinski definition) is 5. The van der Waals surface area contributed by atoms with E-state index in [1.54, 1.807) is 12.3 Å². The lowest BCUT2D eigenvalue weighted by Crippen LogP contribution is -2.29. The molecule has 0 radical (unpaired) electrons. The van der Waals surface area contributed by atoms with E-state index in [1.165, 1.54) is 0 Å². The molecule has 0 saturated carbocycles. The van der Waals surface area contributed by atoms with Crippen LogP contribution in [0.5, 0.6) is 0 Å². The monoisotopic (exact) mass is 447 g/mol. The van der Waals surface area contributed by atoms with Crippen molar-refractivity contribution in [2.75, 3.05) is 6.54 Å². The first-order valence-electron chi connectivity index (χ1n) is 11.1. The van der Waals surface area contributed by atoms with Crippen LogP contribution in [0.25, 0.3) is 21.9 Å². The highest BCUT2D eigenvalue weighted by Crippen LogP contribution is 2.35. The molecule has 1 atom stereocenters. The van der Waals surface area contributed by atoms with Crippen LogP contribution >= 0.6 is 0 Å². The Bertz CT molecular complexity index is 1360. The van der Waals surface area contributed by atoms with Crippen molar-refractivity contribution in [2.45, 2.75) is 52.1 Å². The Hall–Kier alpha value is -3.38. The average Bonchev–Trinajstić information content (AvgIpc) is 3.20. The molecule has 33 heavy (non-hydrogen) atoms. The number of rotatable bonds is 6. The molecule has 172 valence electrons. The molecule has 0 aliphatic carbocycles. The van der Waals surface area contributed by atoms with Crippen LogP contribution in [0.1, 0.15) is 55.5 Å². The van der Waals surface area contributed by atoms with Gasteiger partial charge in [-0.2, -0.15) is 0 Å². The van der Waals surface area contributed by atoms with E-state index < -0.39 is 11.7 Å². The summed E-state index contributed by atoms with van der Waals surface area (Å²) < 4.78 is 11.3. The maximum absolute atomic E-state index is 12.6. The lowest BCUT2D eigenvalue weighted by molar-refractivity contribution is -0.121. The Balaban J connectivity index is 1.53. The number of carbonyl (C=O) groups excluding carboxylic acids is 1. The molecule has 1 amide bonds. The van der Waals surface area contributed by atoms with Crippen molar-refractivity contribution in [3.05, 3.63) is 81.4 Å². The number of furan rings is 1. The number of amides is 1. The van der Waals surface area contributed by atoms with Gasteiger partial charge in [-0.3, -0.25) is 4.79 Å². The summed E-state index contributed by atoms with van der Waals surface area (Å²) in [4.78, 5) is 25.0. The minimum atomic E-state index is -0.781. The Kier molecular flexibility index (Phi) is 6.13. The largest absolute Gasteiger partial charge is 0.464 e. The Morgan fingerprint density at radius 1 is 1.09 bits per heavy atom. The van der Waals surface area contributed by atoms with Crippen LogP contribution in [0.2, 0.25) is 0 Å². The molecular formula is C27H29NO5. The SMILES string of the molecule is Cc1c(CCC(=O)NC[C@@H](O)c2ccccc2)c(=O)oc2cc3occ(C(C)(C)C)c3cc12. The third kappa shape index (κ3) is 4.71. The second-order valence-corrected chi connectivity index (χ2v) is 9.47. The van der Waals surface area contributed by atoms with Crippen molar-refractivity contribution in [1.29, 1.82) is 0 Å². The van der Waals surface area contributed by atoms with Crippen LogP contribution in [-0.2, 0) is 16.6 Å². The molecule has 2 heterocycles. The standard InChI is InChI=1S/C27H29NO5/c1-16-18(10-11-25(30)28-14-22(29)17-8-6-5-7-9-17)26(31)33-24-13-23-20(12-19(16)24)21(15-32-23)27(2,3)4/h5-9,12-13,15,22,29H,10-11,14H2,1-4H3,(H,28,30)/t22-/m1/s1. The van der Waals surface area contributed by atoms with Gasteiger partial charge in [-0.15, -0.1) is 0 Å². The number of hydrogen-bond donors (Lipinski definition) is 2. The van der Waals surface area contributed by atoms with Gasteiger partial charge in [-0.05, 0) is 36.0 Å². The molecule has 0 fully saturated rings. The molecule has 4 aromatic rings. The molecular weight excluding hydrogens is 418 g/mol. The van der Waals surface area contributed by atoms with Crippen LogP contribution < -0.4 is 10.9 Å². The average molecular weight is 448 g/mol. The highest BCUT2D eigenvalue weighted by Gasteiger charge is 2.22. The summed E-state index contributed by atoms with van der Waals surface area (Å²) in [6.45, 7) is 8.37. The van der Waals surface area contributed by atoms with E-state index in [1.807, 2.05) is 43.3 Å². The minimum absolute atomic E-state index is 0.0896. The molecule has 6 nitrogen and oxygen atoms in total. The third-order valence-corrected chi connectivity index (χ3v) is 6.07. The van der Waals surface area contributed by atoms with Crippen LogP contribution in [0.15, 0.2) is 62.4 Å². The van der Waals surface area contributed by atoms with Gasteiger partial charge >= 0.3 is 5.63 Å². The van der Waals surface area contributed by atoms with Crippen molar-refractivity contribution >= 4 is 27.8 Å². The Morgan fingerprint density at radius 3 is 2.52 bits per heavy atom. The van der Waals surface area contributed by atoms with Crippen molar-refractivity contribution in [3.8, 4) is 0 Å². The van der Waals surface area contributed by atoms with Gasteiger partial charge in [0.05, 0.1) is 12.4 Å². The molecule has 2 aromatic carbocycles. The summed E-state index contributed by atoms with van der Waals surface area (Å²) in [6, 6.07) is 12.9. The summed E-state index contributed by atoms with van der Waals surface area (Å²) in [5.41, 5.74) is 3.74. The predicted octanol–water partition coefficient (Wildman–Crippen LogP) is 4.93. The molecule has 6 heteroatoms. The zero-order valence-corrected chi connectivity index (χ0v) is 19.4. The van der Waals surface area contributed by atoms with Gasteiger partial charge in [0, 0.05) is 40.9 Å². The van der Waals surface area contributed by atoms with Gasteiger partial charge in [0.2, 0.25) is 5.91 Å². The summed E-state index contributed by atoms with van der Waals surface area (Å²) in [5.74, 6) is -0.232. The number of aliphatic hydroxyl groups is 1. The van der Waals surface area contributed by atoms with Gasteiger partial charge in [-0.25, -0.2) is 4.79 Å². The smallest absolute Gasteiger partial charge is 0.339 e. The van der Waals surface area contributed by atoms with Crippen molar-refractivity contribution < 1.29 is 18.7 Å². The lowest BCUT2D eigenvalue weighted by Gasteiger charge is -2.16. The van der Waals surface area contributed by atoms with E-state index in [2.05, 4.69) is 26.1 Å². The van der Waals surface area contributed by atoms with E-state index in [0.29, 0.717) is 16.7 Å². The van der Waals surface area contributed by atoms with Gasteiger partial charge < -0.3 is 19.3 Å². The van der Waals surface area contributed by atoms with E-state index in [0.717, 1.165) is 27.5 Å². The lowest BCUT2D eigenvalue weighted by atomic mass is 9.86. The first-order chi connectivity index (χ1) is 15.6. The fourth-order valence-electron chi connectivity index (χ4n) is 4.11. The maximum atomic E-state index is 12.6. The number of aryl methyl sites for hydroxylation is 1. The highest BCUT2D eigenvalue weighted by atomic mass is 16.4. The van der Waals surface area contributed by atoms with Crippen LogP contribution in [0.4, 0.5) is 0 Å². The number of nitrogens with one attached hydrogen (secondary N) is 1.